The van der Waals surface area contributed by atoms with Crippen molar-refractivity contribution in [1.82, 2.24) is 4.90 Å². The van der Waals surface area contributed by atoms with Crippen molar-refractivity contribution in [2.45, 2.75) is 86.8 Å². The molecule has 0 bridgehead atoms. The van der Waals surface area contributed by atoms with Gasteiger partial charge < -0.3 is 60.0 Å². The summed E-state index contributed by atoms with van der Waals surface area (Å²) in [6.45, 7) is 19.9. The van der Waals surface area contributed by atoms with Crippen LogP contribution in [0.3, 0.4) is 0 Å². The highest BCUT2D eigenvalue weighted by molar-refractivity contribution is 7.57. The first kappa shape index (κ1) is 93.4. The quantitative estimate of drug-likeness (QED) is 0.0599. The first-order valence-corrected chi connectivity index (χ1v) is 50.9. The van der Waals surface area contributed by atoms with E-state index >= 15 is 0 Å². The summed E-state index contributed by atoms with van der Waals surface area (Å²) in [6.07, 6.45) is 2.88. The van der Waals surface area contributed by atoms with E-state index in [9.17, 15) is 0 Å². The second-order valence-electron chi connectivity index (χ2n) is 33.8. The number of hydrogen-bond acceptors (Lipinski definition) is 14. The molecule has 14 nitrogen and oxygen atoms in total. The zero-order valence-electron chi connectivity index (χ0n) is 78.9. The highest BCUT2D eigenvalue weighted by Crippen LogP contribution is 2.59. The lowest BCUT2D eigenvalue weighted by Crippen LogP contribution is -2.22. The van der Waals surface area contributed by atoms with Crippen LogP contribution >= 0.6 is 33.5 Å². The average Bonchev–Trinajstić information content (AvgIpc) is 0.923. The highest BCUT2D eigenvalue weighted by Gasteiger charge is 2.34. The number of benzene rings is 16. The van der Waals surface area contributed by atoms with Crippen molar-refractivity contribution in [3.8, 4) is 147 Å². The molecule has 135 heavy (non-hydrogen) atoms. The number of aryl methyl sites for hydroxylation is 6. The molecule has 4 heterocycles. The Morgan fingerprint density at radius 1 is 0.281 bits per heavy atom. The predicted molar refractivity (Wildman–Crippen MR) is 558 cm³/mol. The number of rotatable bonds is 22. The fourth-order valence-corrected chi connectivity index (χ4v) is 24.1. The van der Waals surface area contributed by atoms with Crippen molar-refractivity contribution in [2.75, 3.05) is 60.5 Å². The lowest BCUT2D eigenvalue weighted by molar-refractivity contribution is 0.296. The summed E-state index contributed by atoms with van der Waals surface area (Å²) in [5.74, 6) is 10.0. The third-order valence-corrected chi connectivity index (χ3v) is 30.1. The summed E-state index contributed by atoms with van der Waals surface area (Å²) in [5, 5.41) is 1.10. The molecule has 18 heteroatoms. The van der Waals surface area contributed by atoms with Gasteiger partial charge in [-0.3, -0.25) is 4.90 Å². The zero-order chi connectivity index (χ0) is 93.6. The van der Waals surface area contributed by atoms with Crippen LogP contribution in [0.25, 0.3) is 77.9 Å². The monoisotopic (exact) mass is 1860 g/mol. The molecular weight excluding hydrogens is 1750 g/mol. The van der Waals surface area contributed by atoms with Gasteiger partial charge >= 0.3 is 8.38 Å². The molecular formula is C117H112N2O12P4. The summed E-state index contributed by atoms with van der Waals surface area (Å²) < 4.78 is 75.5. The molecule has 0 saturated carbocycles. The molecule has 0 N–H and O–H groups in total. The molecule has 0 amide bonds. The fourth-order valence-electron chi connectivity index (χ4n) is 18.0. The Balaban J connectivity index is 0.000000125. The molecule has 4 aliphatic rings. The van der Waals surface area contributed by atoms with Crippen molar-refractivity contribution in [3.05, 3.63) is 406 Å². The molecule has 4 aliphatic heterocycles. The van der Waals surface area contributed by atoms with Crippen molar-refractivity contribution in [1.29, 1.82) is 0 Å². The van der Waals surface area contributed by atoms with Gasteiger partial charge in [-0.25, -0.2) is 0 Å². The minimum Gasteiger partial charge on any atom is -0.497 e. The summed E-state index contributed by atoms with van der Waals surface area (Å²) in [4.78, 5) is 4.57. The Labute approximate surface area is 800 Å². The lowest BCUT2D eigenvalue weighted by Gasteiger charge is -2.28. The van der Waals surface area contributed by atoms with Crippen LogP contribution in [-0.2, 0) is 31.5 Å². The Morgan fingerprint density at radius 3 is 1.11 bits per heavy atom. The van der Waals surface area contributed by atoms with Crippen LogP contribution in [0, 0.1) is 41.5 Å². The van der Waals surface area contributed by atoms with Crippen LogP contribution in [0.15, 0.2) is 340 Å². The van der Waals surface area contributed by atoms with Crippen molar-refractivity contribution in [3.63, 3.8) is 0 Å². The summed E-state index contributed by atoms with van der Waals surface area (Å²) in [5.41, 5.74) is 30.7. The van der Waals surface area contributed by atoms with Crippen LogP contribution in [0.2, 0.25) is 0 Å². The maximum Gasteiger partial charge on any atom is 0.326 e. The highest BCUT2D eigenvalue weighted by atomic mass is 31.2. The van der Waals surface area contributed by atoms with Gasteiger partial charge in [0.15, 0.2) is 0 Å². The second-order valence-corrected chi connectivity index (χ2v) is 39.2. The van der Waals surface area contributed by atoms with E-state index in [1.807, 2.05) is 117 Å². The van der Waals surface area contributed by atoms with Crippen LogP contribution in [0.4, 0.5) is 5.69 Å². The second kappa shape index (κ2) is 43.3. The van der Waals surface area contributed by atoms with E-state index in [2.05, 4.69) is 302 Å². The molecule has 0 radical (unpaired) electrons. The average molecular weight is 1860 g/mol. The van der Waals surface area contributed by atoms with Gasteiger partial charge in [-0.15, -0.1) is 0 Å². The van der Waals surface area contributed by atoms with Crippen LogP contribution < -0.4 is 65.3 Å². The minimum atomic E-state index is -1.33. The van der Waals surface area contributed by atoms with Gasteiger partial charge in [0.1, 0.15) is 69.0 Å². The van der Waals surface area contributed by atoms with E-state index in [1.165, 1.54) is 61.2 Å². The van der Waals surface area contributed by atoms with Gasteiger partial charge in [0.25, 0.3) is 25.1 Å². The van der Waals surface area contributed by atoms with Gasteiger partial charge in [0.05, 0.1) is 52.2 Å². The van der Waals surface area contributed by atoms with E-state index in [0.717, 1.165) is 202 Å². The zero-order valence-corrected chi connectivity index (χ0v) is 82.4. The Bertz CT molecular complexity index is 6770. The topological polar surface area (TPSA) is 117 Å². The minimum absolute atomic E-state index is 0.666. The smallest absolute Gasteiger partial charge is 0.326 e. The molecule has 0 saturated heterocycles. The van der Waals surface area contributed by atoms with Crippen molar-refractivity contribution >= 4 is 44.5 Å². The standard InChI is InChI=1S/C30H30NO2P.C30H29O5P.C30H29O3P.C27H24NO2P/c1-3-31(4-2)21-23-13-5-7-15-25(23)27-17-9-11-19-29(27)32-34-22-24-14-6-8-16-26(24)28-18-10-12-20-30(28)33-34;1-19-14-22(31-3)16-26(29(19)33-5)27-17-23(32-4)15-20(2)30(27)35-36-18-21-10-6-7-11-24(21)25-12-8-9-13-28(25)34-36;1-19-14-21(3)29(31-5)23(16-19)18-24-17-20(2)15-22(4)30(24)33-34-28-13-9-7-11-26(28)25-10-6-8-12-27(25)32-34;1-28(2)25-16-8-5-13-22(25)24-15-7-10-18-27(24)30-31-19-20-11-3-4-12-21(20)23-14-6-9-17-26(23)29-31/h5-20H,3-4,21-22H2,1-2H3;6-17H,18H2,1-5H3;6-17H,18H2,1-5H3;3-18H,19H2,1-2H3. The number of para-hydroxylation sites is 7. The first-order valence-electron chi connectivity index (χ1n) is 45.6. The molecule has 4 unspecified atom stereocenters. The van der Waals surface area contributed by atoms with E-state index in [0.29, 0.717) is 6.16 Å². The normalized spacial score (nSPS) is 14.3. The van der Waals surface area contributed by atoms with E-state index in [1.54, 1.807) is 28.4 Å². The maximum atomic E-state index is 6.77. The van der Waals surface area contributed by atoms with Gasteiger partial charge in [-0.1, -0.05) is 292 Å². The molecule has 0 aliphatic carbocycles. The third-order valence-electron chi connectivity index (χ3n) is 24.4. The SMILES string of the molecule is CCN(CC)Cc1ccccc1-c1ccccc1OP1Cc2ccccc2-c2ccccc2O1.CN(C)c1ccccc1-c1ccccc1OP1Cc2ccccc2-c2ccccc2O1.COc1c(C)cc(C)cc1Cc1cc(C)cc(C)c1OP1Oc2ccccc2-c2ccccc21.COc1cc(C)c(OC)c(-c2cc(OC)cc(C)c2OP2Cc3ccccc3-c3ccccc3O2)c1. The van der Waals surface area contributed by atoms with E-state index < -0.39 is 33.5 Å². The van der Waals surface area contributed by atoms with Gasteiger partial charge in [0, 0.05) is 82.8 Å². The number of fused-ring (bicyclic) bond motifs is 12. The number of anilines is 1. The van der Waals surface area contributed by atoms with Crippen molar-refractivity contribution < 1.29 is 55.1 Å². The Morgan fingerprint density at radius 2 is 0.637 bits per heavy atom. The molecule has 682 valence electrons. The lowest BCUT2D eigenvalue weighted by atomic mass is 9.96. The predicted octanol–water partition coefficient (Wildman–Crippen LogP) is 31.1. The van der Waals surface area contributed by atoms with E-state index in [4.69, 9.17) is 55.1 Å². The summed E-state index contributed by atoms with van der Waals surface area (Å²) in [7, 11) is 5.84. The number of ether oxygens (including phenoxy) is 4. The molecule has 4 atom stereocenters. The molecule has 16 aromatic carbocycles. The van der Waals surface area contributed by atoms with Gasteiger partial charge in [0.2, 0.25) is 0 Å². The van der Waals surface area contributed by atoms with Crippen molar-refractivity contribution in [2.24, 2.45) is 0 Å². The Kier molecular flexibility index (Phi) is 30.0. The van der Waals surface area contributed by atoms with Crippen LogP contribution in [0.1, 0.15) is 80.6 Å². The Hall–Kier alpha value is -13.4. The summed E-state index contributed by atoms with van der Waals surface area (Å²) >= 11 is 0. The number of nitrogens with zero attached hydrogens (tertiary/aromatic N) is 2. The van der Waals surface area contributed by atoms with Crippen LogP contribution in [-0.4, -0.2) is 60.5 Å². The fraction of sp³-hybridized carbons (Fsp3) is 0.179. The van der Waals surface area contributed by atoms with Gasteiger partial charge in [-0.05, 0) is 211 Å². The first-order chi connectivity index (χ1) is 65.9. The molecule has 0 aromatic heterocycles. The number of hydrogen-bond donors (Lipinski definition) is 0. The molecule has 0 spiro atoms. The summed E-state index contributed by atoms with van der Waals surface area (Å²) in [6, 6.07) is 117. The van der Waals surface area contributed by atoms with E-state index in [-0.39, 0.29) is 0 Å². The molecule has 16 aromatic rings. The third kappa shape index (κ3) is 21.2. The molecule has 20 rings (SSSR count). The molecule has 0 fully saturated rings. The van der Waals surface area contributed by atoms with Gasteiger partial charge in [-0.2, -0.15) is 0 Å². The largest absolute Gasteiger partial charge is 0.497 e. The maximum absolute atomic E-state index is 6.77. The number of methoxy groups -OCH3 is 4. The van der Waals surface area contributed by atoms with Crippen LogP contribution in [0.5, 0.6) is 69.0 Å².